The maximum absolute atomic E-state index is 11.9. The van der Waals surface area contributed by atoms with Crippen LogP contribution in [0.5, 0.6) is 0 Å². The summed E-state index contributed by atoms with van der Waals surface area (Å²) in [5.74, 6) is -0.905. The van der Waals surface area contributed by atoms with E-state index in [1.807, 2.05) is 0 Å². The smallest absolute Gasteiger partial charge is 0.329 e. The molecule has 1 aromatic rings. The standard InChI is InChI=1S/C12H18N4O3/c1-2-8-3-5-12(6-4-8,11(18)19)15-10(17)9-13-7-14-16-9/h7-8H,2-6H2,1H3,(H,15,17)(H,18,19)(H,13,14,16). The molecule has 3 N–H and O–H groups in total. The molecule has 0 saturated heterocycles. The number of hydrogen-bond donors (Lipinski definition) is 3. The van der Waals surface area contributed by atoms with Gasteiger partial charge in [-0.3, -0.25) is 9.89 Å². The summed E-state index contributed by atoms with van der Waals surface area (Å²) in [4.78, 5) is 27.2. The lowest BCUT2D eigenvalue weighted by atomic mass is 9.75. The van der Waals surface area contributed by atoms with Crippen molar-refractivity contribution in [2.45, 2.75) is 44.6 Å². The van der Waals surface area contributed by atoms with Crippen LogP contribution < -0.4 is 5.32 Å². The number of carbonyl (C=O) groups is 2. The number of H-pyrrole nitrogens is 1. The lowest BCUT2D eigenvalue weighted by Crippen LogP contribution is -2.56. The fourth-order valence-corrected chi connectivity index (χ4v) is 2.56. The summed E-state index contributed by atoms with van der Waals surface area (Å²) >= 11 is 0. The molecular formula is C12H18N4O3. The van der Waals surface area contributed by atoms with E-state index in [9.17, 15) is 14.7 Å². The SMILES string of the molecule is CCC1CCC(NC(=O)c2ncn[nH]2)(C(=O)O)CC1. The Morgan fingerprint density at radius 3 is 2.68 bits per heavy atom. The predicted molar refractivity (Wildman–Crippen MR) is 66.5 cm³/mol. The average molecular weight is 266 g/mol. The zero-order valence-corrected chi connectivity index (χ0v) is 10.8. The summed E-state index contributed by atoms with van der Waals surface area (Å²) < 4.78 is 0. The fourth-order valence-electron chi connectivity index (χ4n) is 2.56. The van der Waals surface area contributed by atoms with E-state index in [4.69, 9.17) is 0 Å². The Balaban J connectivity index is 2.09. The van der Waals surface area contributed by atoms with Gasteiger partial charge >= 0.3 is 5.97 Å². The summed E-state index contributed by atoms with van der Waals surface area (Å²) in [5.41, 5.74) is -1.17. The highest BCUT2D eigenvalue weighted by molar-refractivity contribution is 5.95. The molecule has 1 aromatic heterocycles. The minimum absolute atomic E-state index is 0.0400. The highest BCUT2D eigenvalue weighted by atomic mass is 16.4. The van der Waals surface area contributed by atoms with Crippen LogP contribution in [0.4, 0.5) is 0 Å². The fraction of sp³-hybridized carbons (Fsp3) is 0.667. The van der Waals surface area contributed by atoms with Gasteiger partial charge in [0.15, 0.2) is 0 Å². The third-order valence-electron chi connectivity index (χ3n) is 3.93. The molecule has 0 unspecified atom stereocenters. The van der Waals surface area contributed by atoms with Gasteiger partial charge in [0.05, 0.1) is 0 Å². The number of nitrogens with one attached hydrogen (secondary N) is 2. The van der Waals surface area contributed by atoms with Gasteiger partial charge in [-0.1, -0.05) is 13.3 Å². The monoisotopic (exact) mass is 266 g/mol. The molecule has 104 valence electrons. The van der Waals surface area contributed by atoms with Crippen LogP contribution in [0.25, 0.3) is 0 Å². The Bertz CT molecular complexity index is 450. The zero-order chi connectivity index (χ0) is 13.9. The van der Waals surface area contributed by atoms with Crippen molar-refractivity contribution in [2.75, 3.05) is 0 Å². The van der Waals surface area contributed by atoms with E-state index in [-0.39, 0.29) is 5.82 Å². The first-order valence-corrected chi connectivity index (χ1v) is 6.48. The van der Waals surface area contributed by atoms with Crippen LogP contribution in [-0.2, 0) is 4.79 Å². The van der Waals surface area contributed by atoms with E-state index >= 15 is 0 Å². The largest absolute Gasteiger partial charge is 0.480 e. The van der Waals surface area contributed by atoms with Gasteiger partial charge in [-0.15, -0.1) is 0 Å². The first kappa shape index (κ1) is 13.5. The number of hydrogen-bond acceptors (Lipinski definition) is 4. The molecule has 1 fully saturated rings. The number of nitrogens with zero attached hydrogens (tertiary/aromatic N) is 2. The number of aromatic amines is 1. The molecule has 0 atom stereocenters. The van der Waals surface area contributed by atoms with Gasteiger partial charge in [0.2, 0.25) is 5.82 Å². The quantitative estimate of drug-likeness (QED) is 0.752. The van der Waals surface area contributed by atoms with Crippen molar-refractivity contribution < 1.29 is 14.7 Å². The van der Waals surface area contributed by atoms with Gasteiger partial charge in [0.25, 0.3) is 5.91 Å². The highest BCUT2D eigenvalue weighted by Crippen LogP contribution is 2.34. The van der Waals surface area contributed by atoms with Crippen molar-refractivity contribution in [2.24, 2.45) is 5.92 Å². The first-order chi connectivity index (χ1) is 9.07. The minimum Gasteiger partial charge on any atom is -0.480 e. The van der Waals surface area contributed by atoms with Crippen molar-refractivity contribution in [1.82, 2.24) is 20.5 Å². The number of aliphatic carboxylic acids is 1. The summed E-state index contributed by atoms with van der Waals surface area (Å²) in [5, 5.41) is 18.1. The number of carboxylic acids is 1. The van der Waals surface area contributed by atoms with E-state index < -0.39 is 17.4 Å². The van der Waals surface area contributed by atoms with Gasteiger partial charge in [0, 0.05) is 0 Å². The van der Waals surface area contributed by atoms with Crippen LogP contribution in [0.15, 0.2) is 6.33 Å². The maximum atomic E-state index is 11.9. The minimum atomic E-state index is -1.17. The molecule has 0 aromatic carbocycles. The van der Waals surface area contributed by atoms with E-state index in [1.54, 1.807) is 0 Å². The topological polar surface area (TPSA) is 108 Å². The van der Waals surface area contributed by atoms with E-state index in [2.05, 4.69) is 27.4 Å². The van der Waals surface area contributed by atoms with Gasteiger partial charge < -0.3 is 10.4 Å². The van der Waals surface area contributed by atoms with Crippen molar-refractivity contribution >= 4 is 11.9 Å². The molecule has 0 radical (unpaired) electrons. The highest BCUT2D eigenvalue weighted by Gasteiger charge is 2.43. The molecule has 1 amide bonds. The normalized spacial score (nSPS) is 26.9. The van der Waals surface area contributed by atoms with Crippen molar-refractivity contribution in [3.8, 4) is 0 Å². The van der Waals surface area contributed by atoms with Crippen LogP contribution in [0.3, 0.4) is 0 Å². The second kappa shape index (κ2) is 5.38. The van der Waals surface area contributed by atoms with Gasteiger partial charge in [0.1, 0.15) is 11.9 Å². The number of amides is 1. The number of carboxylic acid groups (broad SMARTS) is 1. The molecule has 19 heavy (non-hydrogen) atoms. The summed E-state index contributed by atoms with van der Waals surface area (Å²) in [6.07, 6.45) is 4.82. The molecule has 1 saturated carbocycles. The number of rotatable bonds is 4. The Morgan fingerprint density at radius 2 is 2.21 bits per heavy atom. The van der Waals surface area contributed by atoms with Crippen molar-refractivity contribution in [3.05, 3.63) is 12.2 Å². The van der Waals surface area contributed by atoms with Gasteiger partial charge in [-0.25, -0.2) is 9.78 Å². The second-order valence-corrected chi connectivity index (χ2v) is 5.03. The number of aromatic nitrogens is 3. The first-order valence-electron chi connectivity index (χ1n) is 6.48. The molecule has 0 spiro atoms. The third kappa shape index (κ3) is 2.74. The van der Waals surface area contributed by atoms with E-state index in [0.717, 1.165) is 19.3 Å². The van der Waals surface area contributed by atoms with Crippen LogP contribution in [0.2, 0.25) is 0 Å². The molecule has 1 aliphatic carbocycles. The predicted octanol–water partition coefficient (Wildman–Crippen LogP) is 0.958. The van der Waals surface area contributed by atoms with Crippen molar-refractivity contribution in [1.29, 1.82) is 0 Å². The van der Waals surface area contributed by atoms with Crippen molar-refractivity contribution in [3.63, 3.8) is 0 Å². The molecule has 7 heteroatoms. The lowest BCUT2D eigenvalue weighted by Gasteiger charge is -2.36. The molecule has 0 bridgehead atoms. The van der Waals surface area contributed by atoms with Crippen LogP contribution in [0, 0.1) is 5.92 Å². The molecule has 1 aliphatic rings. The Morgan fingerprint density at radius 1 is 1.53 bits per heavy atom. The molecule has 2 rings (SSSR count). The van der Waals surface area contributed by atoms with E-state index in [0.29, 0.717) is 18.8 Å². The maximum Gasteiger partial charge on any atom is 0.329 e. The van der Waals surface area contributed by atoms with Crippen LogP contribution >= 0.6 is 0 Å². The summed E-state index contributed by atoms with van der Waals surface area (Å²) in [6, 6.07) is 0. The van der Waals surface area contributed by atoms with Crippen LogP contribution in [-0.4, -0.2) is 37.7 Å². The molecule has 7 nitrogen and oxygen atoms in total. The Hall–Kier alpha value is -1.92. The Kier molecular flexibility index (Phi) is 3.82. The molecule has 0 aliphatic heterocycles. The van der Waals surface area contributed by atoms with Gasteiger partial charge in [-0.2, -0.15) is 5.10 Å². The zero-order valence-electron chi connectivity index (χ0n) is 10.8. The lowest BCUT2D eigenvalue weighted by molar-refractivity contribution is -0.146. The third-order valence-corrected chi connectivity index (χ3v) is 3.93. The molecular weight excluding hydrogens is 248 g/mol. The number of carbonyl (C=O) groups excluding carboxylic acids is 1. The van der Waals surface area contributed by atoms with Crippen LogP contribution in [0.1, 0.15) is 49.6 Å². The molecule has 1 heterocycles. The van der Waals surface area contributed by atoms with E-state index in [1.165, 1.54) is 6.33 Å². The summed E-state index contributed by atoms with van der Waals surface area (Å²) in [6.45, 7) is 2.10. The van der Waals surface area contributed by atoms with Gasteiger partial charge in [-0.05, 0) is 31.6 Å². The Labute approximate surface area is 110 Å². The second-order valence-electron chi connectivity index (χ2n) is 5.03. The average Bonchev–Trinajstić information content (AvgIpc) is 2.93. The summed E-state index contributed by atoms with van der Waals surface area (Å²) in [7, 11) is 0.